The van der Waals surface area contributed by atoms with Crippen molar-refractivity contribution >= 4 is 11.9 Å². The first-order valence-corrected chi connectivity index (χ1v) is 6.43. The van der Waals surface area contributed by atoms with Crippen LogP contribution in [0.15, 0.2) is 18.2 Å². The van der Waals surface area contributed by atoms with Gasteiger partial charge in [0.1, 0.15) is 17.1 Å². The molecule has 20 heavy (non-hydrogen) atoms. The molecule has 1 amide bonds. The zero-order valence-electron chi connectivity index (χ0n) is 11.2. The third-order valence-corrected chi connectivity index (χ3v) is 2.95. The highest BCUT2D eigenvalue weighted by Crippen LogP contribution is 2.25. The van der Waals surface area contributed by atoms with Gasteiger partial charge in [0.15, 0.2) is 0 Å². The monoisotopic (exact) mass is 279 g/mol. The number of methoxy groups -OCH3 is 1. The molecule has 0 unspecified atom stereocenters. The van der Waals surface area contributed by atoms with Gasteiger partial charge in [-0.3, -0.25) is 4.79 Å². The Labute approximate surface area is 116 Å². The molecule has 6 heteroatoms. The zero-order valence-corrected chi connectivity index (χ0v) is 11.2. The van der Waals surface area contributed by atoms with E-state index in [0.717, 1.165) is 12.8 Å². The number of ether oxygens (including phenoxy) is 2. The number of nitrogens with one attached hydrogen (secondary N) is 1. The van der Waals surface area contributed by atoms with Crippen molar-refractivity contribution in [1.82, 2.24) is 5.32 Å². The van der Waals surface area contributed by atoms with Crippen LogP contribution in [0.3, 0.4) is 0 Å². The maximum Gasteiger partial charge on any atom is 0.339 e. The second-order valence-corrected chi connectivity index (χ2v) is 4.61. The third-order valence-electron chi connectivity index (χ3n) is 2.95. The fraction of sp³-hybridized carbons (Fsp3) is 0.429. The van der Waals surface area contributed by atoms with Crippen molar-refractivity contribution in [2.75, 3.05) is 13.7 Å². The van der Waals surface area contributed by atoms with E-state index < -0.39 is 5.97 Å². The summed E-state index contributed by atoms with van der Waals surface area (Å²) in [5.41, 5.74) is 0.0494. The van der Waals surface area contributed by atoms with E-state index in [-0.39, 0.29) is 30.2 Å². The lowest BCUT2D eigenvalue weighted by molar-refractivity contribution is -0.121. The number of carbonyl (C=O) groups is 2. The molecule has 0 atom stereocenters. The average Bonchev–Trinajstić information content (AvgIpc) is 3.22. The predicted molar refractivity (Wildman–Crippen MR) is 71.2 cm³/mol. The average molecular weight is 279 g/mol. The predicted octanol–water partition coefficient (Wildman–Crippen LogP) is 1.44. The molecule has 0 aromatic heterocycles. The summed E-state index contributed by atoms with van der Waals surface area (Å²) < 4.78 is 10.4. The van der Waals surface area contributed by atoms with E-state index in [9.17, 15) is 9.59 Å². The number of carboxylic acid groups (broad SMARTS) is 1. The molecule has 2 N–H and O–H groups in total. The summed E-state index contributed by atoms with van der Waals surface area (Å²) in [7, 11) is 1.49. The smallest absolute Gasteiger partial charge is 0.339 e. The van der Waals surface area contributed by atoms with Gasteiger partial charge in [-0.25, -0.2) is 4.79 Å². The molecule has 108 valence electrons. The Kier molecular flexibility index (Phi) is 4.45. The fourth-order valence-corrected chi connectivity index (χ4v) is 1.71. The Bertz CT molecular complexity index is 510. The van der Waals surface area contributed by atoms with E-state index in [4.69, 9.17) is 14.6 Å². The summed E-state index contributed by atoms with van der Waals surface area (Å²) >= 11 is 0. The minimum Gasteiger partial charge on any atom is -0.497 e. The number of benzene rings is 1. The number of hydrogen-bond acceptors (Lipinski definition) is 4. The van der Waals surface area contributed by atoms with Gasteiger partial charge in [0.25, 0.3) is 0 Å². The van der Waals surface area contributed by atoms with E-state index in [1.54, 1.807) is 6.07 Å². The van der Waals surface area contributed by atoms with Crippen LogP contribution in [0, 0.1) is 0 Å². The molecule has 0 spiro atoms. The molecule has 1 aliphatic carbocycles. The second kappa shape index (κ2) is 6.27. The maximum absolute atomic E-state index is 11.5. The highest BCUT2D eigenvalue weighted by atomic mass is 16.5. The lowest BCUT2D eigenvalue weighted by Gasteiger charge is -2.10. The van der Waals surface area contributed by atoms with Crippen molar-refractivity contribution in [3.8, 4) is 11.5 Å². The van der Waals surface area contributed by atoms with Crippen LogP contribution in [0.2, 0.25) is 0 Å². The Morgan fingerprint density at radius 3 is 2.75 bits per heavy atom. The van der Waals surface area contributed by atoms with Crippen molar-refractivity contribution in [1.29, 1.82) is 0 Å². The van der Waals surface area contributed by atoms with Gasteiger partial charge >= 0.3 is 5.97 Å². The molecule has 6 nitrogen and oxygen atoms in total. The van der Waals surface area contributed by atoms with E-state index in [2.05, 4.69) is 5.32 Å². The highest BCUT2D eigenvalue weighted by Gasteiger charge is 2.23. The Hall–Kier alpha value is -2.24. The Balaban J connectivity index is 1.92. The molecule has 0 aliphatic heterocycles. The summed E-state index contributed by atoms with van der Waals surface area (Å²) in [5, 5.41) is 11.9. The first-order valence-electron chi connectivity index (χ1n) is 6.43. The van der Waals surface area contributed by atoms with Gasteiger partial charge in [0.05, 0.1) is 20.1 Å². The highest BCUT2D eigenvalue weighted by molar-refractivity contribution is 5.91. The number of hydrogen-bond donors (Lipinski definition) is 2. The van der Waals surface area contributed by atoms with Crippen molar-refractivity contribution in [2.45, 2.75) is 25.3 Å². The fourth-order valence-electron chi connectivity index (χ4n) is 1.71. The minimum atomic E-state index is -1.08. The first kappa shape index (κ1) is 14.2. The van der Waals surface area contributed by atoms with Crippen molar-refractivity contribution in [3.05, 3.63) is 23.8 Å². The number of amides is 1. The van der Waals surface area contributed by atoms with Crippen LogP contribution in [0.25, 0.3) is 0 Å². The second-order valence-electron chi connectivity index (χ2n) is 4.61. The number of rotatable bonds is 7. The van der Waals surface area contributed by atoms with Gasteiger partial charge in [-0.1, -0.05) is 0 Å². The molecule has 2 rings (SSSR count). The molecule has 1 aliphatic rings. The molecule has 0 bridgehead atoms. The molecule has 1 aromatic rings. The molecule has 0 radical (unpaired) electrons. The van der Waals surface area contributed by atoms with Crippen LogP contribution >= 0.6 is 0 Å². The molecule has 0 saturated heterocycles. The molecular weight excluding hydrogens is 262 g/mol. The van der Waals surface area contributed by atoms with Crippen molar-refractivity contribution in [3.63, 3.8) is 0 Å². The Morgan fingerprint density at radius 1 is 1.40 bits per heavy atom. The summed E-state index contributed by atoms with van der Waals surface area (Å²) in [6.07, 6.45) is 2.27. The quantitative estimate of drug-likeness (QED) is 0.789. The molecule has 1 fully saturated rings. The van der Waals surface area contributed by atoms with Gasteiger partial charge in [-0.15, -0.1) is 0 Å². The zero-order chi connectivity index (χ0) is 14.5. The molecule has 1 saturated carbocycles. The number of carbonyl (C=O) groups excluding carboxylic acids is 1. The van der Waals surface area contributed by atoms with Crippen LogP contribution < -0.4 is 14.8 Å². The van der Waals surface area contributed by atoms with Crippen molar-refractivity contribution < 1.29 is 24.2 Å². The summed E-state index contributed by atoms with van der Waals surface area (Å²) in [6.45, 7) is 0.131. The van der Waals surface area contributed by atoms with Gasteiger partial charge in [0.2, 0.25) is 5.91 Å². The van der Waals surface area contributed by atoms with E-state index in [1.807, 2.05) is 0 Å². The van der Waals surface area contributed by atoms with E-state index >= 15 is 0 Å². The standard InChI is InChI=1S/C14H17NO5/c1-19-10-4-5-11(14(17)18)12(8-10)20-7-6-13(16)15-9-2-3-9/h4-5,8-9H,2-3,6-7H2,1H3,(H,15,16)(H,17,18). The van der Waals surface area contributed by atoms with Gasteiger partial charge in [0, 0.05) is 12.1 Å². The van der Waals surface area contributed by atoms with Gasteiger partial charge in [-0.2, -0.15) is 0 Å². The number of aromatic carboxylic acids is 1. The van der Waals surface area contributed by atoms with E-state index in [1.165, 1.54) is 19.2 Å². The largest absolute Gasteiger partial charge is 0.497 e. The lowest BCUT2D eigenvalue weighted by atomic mass is 10.2. The van der Waals surface area contributed by atoms with Crippen LogP contribution in [0.4, 0.5) is 0 Å². The number of carboxylic acids is 1. The van der Waals surface area contributed by atoms with Gasteiger partial charge < -0.3 is 19.9 Å². The third kappa shape index (κ3) is 3.88. The van der Waals surface area contributed by atoms with Crippen LogP contribution in [-0.2, 0) is 4.79 Å². The summed E-state index contributed by atoms with van der Waals surface area (Å²) in [6, 6.07) is 4.79. The van der Waals surface area contributed by atoms with Gasteiger partial charge in [-0.05, 0) is 25.0 Å². The SMILES string of the molecule is COc1ccc(C(=O)O)c(OCCC(=O)NC2CC2)c1. The summed E-state index contributed by atoms with van der Waals surface area (Å²) in [5.74, 6) is -0.444. The van der Waals surface area contributed by atoms with Crippen LogP contribution in [0.5, 0.6) is 11.5 Å². The van der Waals surface area contributed by atoms with Crippen LogP contribution in [0.1, 0.15) is 29.6 Å². The summed E-state index contributed by atoms with van der Waals surface area (Å²) in [4.78, 5) is 22.6. The minimum absolute atomic E-state index is 0.0494. The first-order chi connectivity index (χ1) is 9.60. The molecular formula is C14H17NO5. The van der Waals surface area contributed by atoms with E-state index in [0.29, 0.717) is 11.8 Å². The van der Waals surface area contributed by atoms with Crippen LogP contribution in [-0.4, -0.2) is 36.7 Å². The molecule has 1 aromatic carbocycles. The topological polar surface area (TPSA) is 84.9 Å². The Morgan fingerprint density at radius 2 is 2.15 bits per heavy atom. The normalized spacial score (nSPS) is 13.7. The maximum atomic E-state index is 11.5. The molecule has 0 heterocycles. The lowest BCUT2D eigenvalue weighted by Crippen LogP contribution is -2.26. The van der Waals surface area contributed by atoms with Crippen molar-refractivity contribution in [2.24, 2.45) is 0 Å².